The number of pyridine rings is 1. The Labute approximate surface area is 154 Å². The minimum Gasteiger partial charge on any atom is -0.383 e. The first kappa shape index (κ1) is 18.0. The Kier molecular flexibility index (Phi) is 5.55. The zero-order valence-electron chi connectivity index (χ0n) is 14.2. The molecule has 0 aliphatic heterocycles. The van der Waals surface area contributed by atoms with Crippen molar-refractivity contribution in [2.75, 3.05) is 13.7 Å². The molecule has 0 saturated heterocycles. The number of rotatable bonds is 6. The monoisotopic (exact) mass is 370 g/mol. The highest BCUT2D eigenvalue weighted by Crippen LogP contribution is 2.11. The molecule has 7 nitrogen and oxygen atoms in total. The fourth-order valence-corrected chi connectivity index (χ4v) is 2.84. The van der Waals surface area contributed by atoms with E-state index in [9.17, 15) is 9.59 Å². The van der Waals surface area contributed by atoms with E-state index in [1.165, 1.54) is 4.57 Å². The highest BCUT2D eigenvalue weighted by molar-refractivity contribution is 7.71. The maximum atomic E-state index is 12.6. The Bertz CT molecular complexity index is 1040. The van der Waals surface area contributed by atoms with Crippen LogP contribution in [0.15, 0.2) is 47.4 Å². The number of hydrogen-bond acceptors (Lipinski definition) is 5. The van der Waals surface area contributed by atoms with Gasteiger partial charge in [-0.25, -0.2) is 0 Å². The molecule has 2 aromatic heterocycles. The van der Waals surface area contributed by atoms with E-state index in [-0.39, 0.29) is 11.5 Å². The van der Waals surface area contributed by atoms with E-state index < -0.39 is 0 Å². The van der Waals surface area contributed by atoms with Gasteiger partial charge in [-0.2, -0.15) is 0 Å². The number of ether oxygens (including phenoxy) is 1. The zero-order chi connectivity index (χ0) is 18.5. The van der Waals surface area contributed by atoms with Crippen LogP contribution in [0.5, 0.6) is 0 Å². The van der Waals surface area contributed by atoms with E-state index in [0.717, 1.165) is 5.69 Å². The molecule has 0 aliphatic carbocycles. The summed E-state index contributed by atoms with van der Waals surface area (Å²) >= 11 is 5.25. The quantitative estimate of drug-likeness (QED) is 0.648. The van der Waals surface area contributed by atoms with Crippen LogP contribution in [0, 0.1) is 4.77 Å². The number of H-pyrrole nitrogens is 1. The van der Waals surface area contributed by atoms with Crippen molar-refractivity contribution in [3.63, 3.8) is 0 Å². The summed E-state index contributed by atoms with van der Waals surface area (Å²) in [7, 11) is 1.56. The van der Waals surface area contributed by atoms with Crippen LogP contribution < -0.4 is 10.9 Å². The standard InChI is InChI=1S/C18H18N4O3S/c1-25-9-8-22-17(24)14-6-5-12(10-15(14)21-18(22)26)16(23)20-11-13-4-2-3-7-19-13/h2-7,10H,8-9,11H2,1H3,(H,20,23)(H,21,26). The molecule has 3 aromatic rings. The molecule has 3 rings (SSSR count). The number of carbonyl (C=O) groups excluding carboxylic acids is 1. The predicted molar refractivity (Wildman–Crippen MR) is 101 cm³/mol. The molecule has 1 amide bonds. The van der Waals surface area contributed by atoms with Gasteiger partial charge in [0.1, 0.15) is 0 Å². The lowest BCUT2D eigenvalue weighted by atomic mass is 10.1. The smallest absolute Gasteiger partial charge is 0.262 e. The van der Waals surface area contributed by atoms with Crippen LogP contribution in [0.2, 0.25) is 0 Å². The molecule has 0 fully saturated rings. The molecule has 8 heteroatoms. The summed E-state index contributed by atoms with van der Waals surface area (Å²) in [5, 5.41) is 3.28. The molecule has 134 valence electrons. The molecule has 1 aromatic carbocycles. The first-order valence-electron chi connectivity index (χ1n) is 8.04. The second-order valence-corrected chi connectivity index (χ2v) is 6.03. The first-order chi connectivity index (χ1) is 12.6. The van der Waals surface area contributed by atoms with Crippen LogP contribution in [-0.4, -0.2) is 34.2 Å². The van der Waals surface area contributed by atoms with Crippen molar-refractivity contribution in [2.24, 2.45) is 0 Å². The molecule has 0 aliphatic rings. The number of aromatic nitrogens is 3. The van der Waals surface area contributed by atoms with Crippen molar-refractivity contribution >= 4 is 29.0 Å². The Hall–Kier alpha value is -2.84. The van der Waals surface area contributed by atoms with Crippen LogP contribution in [0.1, 0.15) is 16.1 Å². The third-order valence-corrected chi connectivity index (χ3v) is 4.24. The summed E-state index contributed by atoms with van der Waals surface area (Å²) < 4.78 is 6.75. The van der Waals surface area contributed by atoms with Gasteiger partial charge in [-0.3, -0.25) is 19.1 Å². The number of carbonyl (C=O) groups is 1. The molecular weight excluding hydrogens is 352 g/mol. The average molecular weight is 370 g/mol. The van der Waals surface area contributed by atoms with Gasteiger partial charge in [-0.05, 0) is 42.5 Å². The summed E-state index contributed by atoms with van der Waals surface area (Å²) in [6.45, 7) is 1.08. The number of methoxy groups -OCH3 is 1. The number of benzene rings is 1. The van der Waals surface area contributed by atoms with Gasteiger partial charge in [0.05, 0.1) is 36.3 Å². The lowest BCUT2D eigenvalue weighted by Crippen LogP contribution is -2.25. The minimum atomic E-state index is -0.250. The van der Waals surface area contributed by atoms with Gasteiger partial charge in [-0.1, -0.05) is 6.07 Å². The molecule has 0 bridgehead atoms. The second-order valence-electron chi connectivity index (χ2n) is 5.64. The number of amides is 1. The normalized spacial score (nSPS) is 10.8. The van der Waals surface area contributed by atoms with Gasteiger partial charge in [0.2, 0.25) is 0 Å². The van der Waals surface area contributed by atoms with Crippen LogP contribution in [-0.2, 0) is 17.8 Å². The highest BCUT2D eigenvalue weighted by atomic mass is 32.1. The molecule has 0 unspecified atom stereocenters. The molecule has 0 radical (unpaired) electrons. The Morgan fingerprint density at radius 2 is 2.19 bits per heavy atom. The first-order valence-corrected chi connectivity index (χ1v) is 8.45. The number of nitrogens with zero attached hydrogens (tertiary/aromatic N) is 2. The van der Waals surface area contributed by atoms with E-state index in [4.69, 9.17) is 17.0 Å². The Morgan fingerprint density at radius 1 is 1.35 bits per heavy atom. The van der Waals surface area contributed by atoms with Crippen molar-refractivity contribution in [3.05, 3.63) is 69.0 Å². The molecule has 2 N–H and O–H groups in total. The second kappa shape index (κ2) is 8.03. The average Bonchev–Trinajstić information content (AvgIpc) is 2.66. The highest BCUT2D eigenvalue weighted by Gasteiger charge is 2.10. The van der Waals surface area contributed by atoms with E-state index in [1.807, 2.05) is 18.2 Å². The van der Waals surface area contributed by atoms with Crippen molar-refractivity contribution in [1.82, 2.24) is 19.9 Å². The molecule has 0 spiro atoms. The van der Waals surface area contributed by atoms with E-state index >= 15 is 0 Å². The van der Waals surface area contributed by atoms with Crippen LogP contribution in [0.3, 0.4) is 0 Å². The van der Waals surface area contributed by atoms with E-state index in [2.05, 4.69) is 15.3 Å². The summed E-state index contributed by atoms with van der Waals surface area (Å²) in [5.74, 6) is -0.250. The fraction of sp³-hybridized carbons (Fsp3) is 0.222. The molecular formula is C18H18N4O3S. The number of aromatic amines is 1. The van der Waals surface area contributed by atoms with Crippen molar-refractivity contribution in [3.8, 4) is 0 Å². The number of fused-ring (bicyclic) bond motifs is 1. The van der Waals surface area contributed by atoms with Crippen LogP contribution in [0.25, 0.3) is 10.9 Å². The van der Waals surface area contributed by atoms with Crippen molar-refractivity contribution in [2.45, 2.75) is 13.1 Å². The largest absolute Gasteiger partial charge is 0.383 e. The minimum absolute atomic E-state index is 0.207. The van der Waals surface area contributed by atoms with E-state index in [1.54, 1.807) is 31.5 Å². The Balaban J connectivity index is 1.86. The fourth-order valence-electron chi connectivity index (χ4n) is 2.56. The van der Waals surface area contributed by atoms with Crippen LogP contribution in [0.4, 0.5) is 0 Å². The summed E-state index contributed by atoms with van der Waals surface area (Å²) in [4.78, 5) is 32.1. The van der Waals surface area contributed by atoms with Gasteiger partial charge in [-0.15, -0.1) is 0 Å². The molecule has 2 heterocycles. The van der Waals surface area contributed by atoms with Gasteiger partial charge in [0, 0.05) is 18.9 Å². The zero-order valence-corrected chi connectivity index (χ0v) is 15.0. The van der Waals surface area contributed by atoms with Gasteiger partial charge < -0.3 is 15.0 Å². The van der Waals surface area contributed by atoms with Crippen molar-refractivity contribution in [1.29, 1.82) is 0 Å². The maximum Gasteiger partial charge on any atom is 0.262 e. The third-order valence-electron chi connectivity index (χ3n) is 3.92. The SMILES string of the molecule is COCCn1c(=S)[nH]c2cc(C(=O)NCc3ccccn3)ccc2c1=O. The molecule has 26 heavy (non-hydrogen) atoms. The number of hydrogen-bond donors (Lipinski definition) is 2. The Morgan fingerprint density at radius 3 is 2.92 bits per heavy atom. The summed E-state index contributed by atoms with van der Waals surface area (Å²) in [5.41, 5.74) is 1.52. The van der Waals surface area contributed by atoms with Crippen LogP contribution >= 0.6 is 12.2 Å². The van der Waals surface area contributed by atoms with Crippen molar-refractivity contribution < 1.29 is 9.53 Å². The summed E-state index contributed by atoms with van der Waals surface area (Å²) in [6, 6.07) is 10.4. The van der Waals surface area contributed by atoms with Gasteiger partial charge >= 0.3 is 0 Å². The lowest BCUT2D eigenvalue weighted by molar-refractivity contribution is 0.0950. The number of nitrogens with one attached hydrogen (secondary N) is 2. The lowest BCUT2D eigenvalue weighted by Gasteiger charge is -2.09. The van der Waals surface area contributed by atoms with E-state index in [0.29, 0.717) is 40.9 Å². The summed E-state index contributed by atoms with van der Waals surface area (Å²) in [6.07, 6.45) is 1.67. The van der Waals surface area contributed by atoms with Gasteiger partial charge in [0.25, 0.3) is 11.5 Å². The topological polar surface area (TPSA) is 89.0 Å². The third kappa shape index (κ3) is 3.87. The molecule has 0 atom stereocenters. The maximum absolute atomic E-state index is 12.6. The molecule has 0 saturated carbocycles. The van der Waals surface area contributed by atoms with Gasteiger partial charge in [0.15, 0.2) is 4.77 Å². The predicted octanol–water partition coefficient (Wildman–Crippen LogP) is 2.03.